The van der Waals surface area contributed by atoms with Crippen molar-refractivity contribution in [3.63, 3.8) is 0 Å². The van der Waals surface area contributed by atoms with Crippen LogP contribution in [0.2, 0.25) is 0 Å². The number of nitrogens with zero attached hydrogens (tertiary/aromatic N) is 4. The summed E-state index contributed by atoms with van der Waals surface area (Å²) in [5.74, 6) is 2.53. The molecule has 0 unspecified atom stereocenters. The van der Waals surface area contributed by atoms with Gasteiger partial charge < -0.3 is 14.4 Å². The van der Waals surface area contributed by atoms with E-state index in [0.29, 0.717) is 37.2 Å². The summed E-state index contributed by atoms with van der Waals surface area (Å²) in [6.07, 6.45) is 6.27. The van der Waals surface area contributed by atoms with Gasteiger partial charge in [-0.2, -0.15) is 0 Å². The number of unbranched alkanes of at least 4 members (excludes halogenated alkanes) is 1. The third kappa shape index (κ3) is 5.50. The minimum Gasteiger partial charge on any atom is -0.324 e. The quantitative estimate of drug-likeness (QED) is 0.262. The van der Waals surface area contributed by atoms with E-state index in [-0.39, 0.29) is 42.7 Å². The van der Waals surface area contributed by atoms with Crippen LogP contribution in [0.3, 0.4) is 0 Å². The molecule has 2 heterocycles. The molecule has 3 rings (SSSR count). The topological polar surface area (TPSA) is 119 Å². The normalized spacial score (nSPS) is 11.7. The van der Waals surface area contributed by atoms with Crippen LogP contribution in [0.25, 0.3) is 11.2 Å². The summed E-state index contributed by atoms with van der Waals surface area (Å²) < 4.78 is 29.2. The number of hydrogen-bond acceptors (Lipinski definition) is 4. The van der Waals surface area contributed by atoms with Gasteiger partial charge in [-0.1, -0.05) is 24.1 Å². The van der Waals surface area contributed by atoms with Crippen LogP contribution in [0.5, 0.6) is 0 Å². The van der Waals surface area contributed by atoms with Crippen LogP contribution in [0.1, 0.15) is 31.2 Å². The molecule has 0 amide bonds. The Bertz CT molecular complexity index is 1360. The Morgan fingerprint density at radius 1 is 1.12 bits per heavy atom. The number of imidazole rings is 1. The molecule has 1 aromatic carbocycles. The lowest BCUT2D eigenvalue weighted by atomic mass is 10.1. The second kappa shape index (κ2) is 10.3. The van der Waals surface area contributed by atoms with Gasteiger partial charge >= 0.3 is 13.3 Å². The zero-order chi connectivity index (χ0) is 24.2. The van der Waals surface area contributed by atoms with Crippen LogP contribution in [-0.2, 0) is 37.0 Å². The Kier molecular flexibility index (Phi) is 7.69. The molecule has 2 N–H and O–H groups in total. The van der Waals surface area contributed by atoms with E-state index >= 15 is 0 Å². The molecule has 9 nitrogen and oxygen atoms in total. The molecule has 0 saturated carbocycles. The molecular weight excluding hydrogens is 450 g/mol. The summed E-state index contributed by atoms with van der Waals surface area (Å²) >= 11 is 0. The van der Waals surface area contributed by atoms with E-state index < -0.39 is 18.8 Å². The van der Waals surface area contributed by atoms with Crippen molar-refractivity contribution in [1.29, 1.82) is 0 Å². The maximum atomic E-state index is 14.1. The number of rotatable bonds is 10. The van der Waals surface area contributed by atoms with Crippen LogP contribution in [-0.4, -0.2) is 34.6 Å². The first-order chi connectivity index (χ1) is 15.7. The van der Waals surface area contributed by atoms with Crippen LogP contribution in [0, 0.1) is 18.2 Å². The summed E-state index contributed by atoms with van der Waals surface area (Å²) in [7, 11) is -4.15. The van der Waals surface area contributed by atoms with Gasteiger partial charge in [0, 0.05) is 25.7 Å². The fourth-order valence-corrected chi connectivity index (χ4v) is 4.47. The standard InChI is InChI=1S/C22H26FN4O5P/c1-3-13-27-21(28)19-20(26(22(27)29)14-7-8-15-33(30,31)32)24-18(25(19)4-2)12-11-16-9-5-6-10-17(16)23/h1,5-6,9-10H,4,7-8,11-15H2,2H3,(H2,30,31,32). The second-order valence-electron chi connectivity index (χ2n) is 7.66. The fraction of sp³-hybridized carbons (Fsp3) is 0.409. The van der Waals surface area contributed by atoms with E-state index in [2.05, 4.69) is 10.9 Å². The smallest absolute Gasteiger partial charge is 0.324 e. The van der Waals surface area contributed by atoms with Gasteiger partial charge in [0.2, 0.25) is 0 Å². The van der Waals surface area contributed by atoms with Gasteiger partial charge in [-0.25, -0.2) is 18.7 Å². The highest BCUT2D eigenvalue weighted by Gasteiger charge is 2.21. The average molecular weight is 476 g/mol. The van der Waals surface area contributed by atoms with E-state index in [1.807, 2.05) is 6.92 Å². The Labute approximate surface area is 189 Å². The largest absolute Gasteiger partial charge is 0.333 e. The molecule has 11 heteroatoms. The maximum absolute atomic E-state index is 14.1. The lowest BCUT2D eigenvalue weighted by Gasteiger charge is -2.11. The number of halogens is 1. The van der Waals surface area contributed by atoms with Crippen molar-refractivity contribution < 1.29 is 18.7 Å². The first kappa shape index (κ1) is 24.6. The summed E-state index contributed by atoms with van der Waals surface area (Å²) in [6.45, 7) is 2.15. The maximum Gasteiger partial charge on any atom is 0.333 e. The van der Waals surface area contributed by atoms with Crippen molar-refractivity contribution >= 4 is 18.8 Å². The Balaban J connectivity index is 2.06. The minimum absolute atomic E-state index is 0.119. The van der Waals surface area contributed by atoms with Crippen molar-refractivity contribution in [2.75, 3.05) is 6.16 Å². The molecular formula is C22H26FN4O5P. The number of hydrogen-bond donors (Lipinski definition) is 2. The molecule has 0 aliphatic carbocycles. The van der Waals surface area contributed by atoms with Crippen LogP contribution in [0.4, 0.5) is 4.39 Å². The lowest BCUT2D eigenvalue weighted by Crippen LogP contribution is -2.40. The lowest BCUT2D eigenvalue weighted by molar-refractivity contribution is 0.370. The van der Waals surface area contributed by atoms with Crippen LogP contribution in [0.15, 0.2) is 33.9 Å². The first-order valence-corrected chi connectivity index (χ1v) is 12.4. The van der Waals surface area contributed by atoms with Gasteiger partial charge in [-0.15, -0.1) is 6.42 Å². The van der Waals surface area contributed by atoms with Gasteiger partial charge in [0.25, 0.3) is 5.56 Å². The Hall–Kier alpha value is -2.99. The zero-order valence-electron chi connectivity index (χ0n) is 18.3. The predicted molar refractivity (Wildman–Crippen MR) is 123 cm³/mol. The van der Waals surface area contributed by atoms with Gasteiger partial charge in [-0.05, 0) is 37.8 Å². The molecule has 0 atom stereocenters. The Morgan fingerprint density at radius 2 is 1.85 bits per heavy atom. The number of terminal acetylenes is 1. The highest BCUT2D eigenvalue weighted by Crippen LogP contribution is 2.35. The molecule has 0 saturated heterocycles. The van der Waals surface area contributed by atoms with Crippen molar-refractivity contribution in [2.45, 2.75) is 52.2 Å². The summed E-state index contributed by atoms with van der Waals surface area (Å²) in [6, 6.07) is 6.42. The number of benzene rings is 1. The molecule has 0 aliphatic rings. The van der Waals surface area contributed by atoms with E-state index in [9.17, 15) is 18.5 Å². The Morgan fingerprint density at radius 3 is 2.48 bits per heavy atom. The molecule has 2 aromatic heterocycles. The van der Waals surface area contributed by atoms with Crippen LogP contribution >= 0.6 is 7.60 Å². The first-order valence-electron chi connectivity index (χ1n) is 10.6. The molecule has 0 bridgehead atoms. The minimum atomic E-state index is -4.15. The molecule has 176 valence electrons. The van der Waals surface area contributed by atoms with E-state index in [1.54, 1.807) is 22.8 Å². The second-order valence-corrected chi connectivity index (χ2v) is 9.44. The van der Waals surface area contributed by atoms with Crippen molar-refractivity contribution in [1.82, 2.24) is 18.7 Å². The summed E-state index contributed by atoms with van der Waals surface area (Å²) in [5, 5.41) is 0. The zero-order valence-corrected chi connectivity index (χ0v) is 19.2. The highest BCUT2D eigenvalue weighted by atomic mass is 31.2. The molecule has 0 radical (unpaired) electrons. The molecule has 3 aromatic rings. The summed E-state index contributed by atoms with van der Waals surface area (Å²) in [4.78, 5) is 48.8. The number of fused-ring (bicyclic) bond motifs is 1. The van der Waals surface area contributed by atoms with E-state index in [4.69, 9.17) is 16.2 Å². The number of aromatic nitrogens is 4. The van der Waals surface area contributed by atoms with Crippen molar-refractivity contribution in [3.8, 4) is 12.3 Å². The van der Waals surface area contributed by atoms with Crippen molar-refractivity contribution in [3.05, 3.63) is 62.3 Å². The third-order valence-electron chi connectivity index (χ3n) is 5.42. The molecule has 0 aliphatic heterocycles. The summed E-state index contributed by atoms with van der Waals surface area (Å²) in [5.41, 5.74) is -0.230. The number of aryl methyl sites for hydroxylation is 4. The average Bonchev–Trinajstić information content (AvgIpc) is 3.13. The SMILES string of the molecule is C#CCn1c(=O)c2c(nc(CCc3ccccc3F)n2CC)n(CCCCP(=O)(O)O)c1=O. The van der Waals surface area contributed by atoms with Gasteiger partial charge in [0.15, 0.2) is 11.2 Å². The molecule has 0 fully saturated rings. The predicted octanol–water partition coefficient (Wildman–Crippen LogP) is 1.90. The third-order valence-corrected chi connectivity index (χ3v) is 6.31. The van der Waals surface area contributed by atoms with Crippen molar-refractivity contribution in [2.24, 2.45) is 0 Å². The van der Waals surface area contributed by atoms with Crippen LogP contribution < -0.4 is 11.2 Å². The van der Waals surface area contributed by atoms with E-state index in [0.717, 1.165) is 4.57 Å². The van der Waals surface area contributed by atoms with E-state index in [1.165, 1.54) is 10.6 Å². The fourth-order valence-electron chi connectivity index (χ4n) is 3.83. The van der Waals surface area contributed by atoms with Gasteiger partial charge in [-0.3, -0.25) is 13.9 Å². The van der Waals surface area contributed by atoms with Gasteiger partial charge in [0.1, 0.15) is 11.6 Å². The highest BCUT2D eigenvalue weighted by molar-refractivity contribution is 7.51. The molecule has 33 heavy (non-hydrogen) atoms. The van der Waals surface area contributed by atoms with Gasteiger partial charge in [0.05, 0.1) is 6.54 Å². The monoisotopic (exact) mass is 476 g/mol. The molecule has 0 spiro atoms.